The quantitative estimate of drug-likeness (QED) is 0.0706. The molecule has 660 valence electrons. The molecule has 0 aliphatic heterocycles. The summed E-state index contributed by atoms with van der Waals surface area (Å²) in [4.78, 5) is 8.54. The average molecular weight is 1870 g/mol. The summed E-state index contributed by atoms with van der Waals surface area (Å²) in [5, 5.41) is 21.2. The first kappa shape index (κ1) is 82.6. The van der Waals surface area contributed by atoms with E-state index >= 15 is 17.6 Å². The molecule has 0 aliphatic rings. The molecule has 28 rings (SSSR count). The largest absolute Gasteiger partial charge is 0.306 e. The maximum atomic E-state index is 18.6. The zero-order valence-corrected chi connectivity index (χ0v) is 78.1. The van der Waals surface area contributed by atoms with Crippen LogP contribution in [0.4, 0.5) is 85.8 Å². The summed E-state index contributed by atoms with van der Waals surface area (Å²) < 4.78 is 78.9. The van der Waals surface area contributed by atoms with Gasteiger partial charge in [0.25, 0.3) is 0 Å². The predicted molar refractivity (Wildman–Crippen MR) is 592 cm³/mol. The Bertz CT molecular complexity index is 9260. The third-order valence-corrected chi connectivity index (χ3v) is 32.4. The number of fused-ring (bicyclic) bond motifs is 12. The number of thiophene rings is 4. The Labute approximate surface area is 818 Å². The minimum atomic E-state index is -0.323. The lowest BCUT2D eigenvalue weighted by Crippen LogP contribution is -2.14. The van der Waals surface area contributed by atoms with Gasteiger partial charge in [-0.15, -0.1) is 45.3 Å². The van der Waals surface area contributed by atoms with E-state index in [-0.39, 0.29) is 23.3 Å². The summed E-state index contributed by atoms with van der Waals surface area (Å²) in [5.41, 5.74) is 15.2. The third kappa shape index (κ3) is 13.4. The molecule has 4 heterocycles. The Morgan fingerprint density at radius 1 is 0.143 bits per heavy atom. The summed E-state index contributed by atoms with van der Waals surface area (Å²) in [6, 6.07) is 156. The number of anilines is 12. The van der Waals surface area contributed by atoms with Gasteiger partial charge in [-0.25, -0.2) is 17.6 Å². The molecule has 12 heteroatoms. The number of benzene rings is 24. The van der Waals surface area contributed by atoms with Gasteiger partial charge in [0.1, 0.15) is 11.6 Å². The van der Waals surface area contributed by atoms with Crippen LogP contribution in [0.1, 0.15) is 0 Å². The van der Waals surface area contributed by atoms with E-state index in [1.807, 2.05) is 146 Å². The molecule has 0 atom stereocenters. The van der Waals surface area contributed by atoms with Gasteiger partial charge in [-0.2, -0.15) is 0 Å². The molecular formula is C128H76F4N4S4. The van der Waals surface area contributed by atoms with Crippen LogP contribution in [0.5, 0.6) is 0 Å². The van der Waals surface area contributed by atoms with Crippen molar-refractivity contribution < 1.29 is 17.6 Å². The smallest absolute Gasteiger partial charge is 0.155 e. The highest BCUT2D eigenvalue weighted by Crippen LogP contribution is 2.58. The van der Waals surface area contributed by atoms with Crippen LogP contribution in [0.15, 0.2) is 461 Å². The molecule has 140 heavy (non-hydrogen) atoms. The van der Waals surface area contributed by atoms with Crippen molar-refractivity contribution >= 4 is 259 Å². The van der Waals surface area contributed by atoms with Crippen LogP contribution < -0.4 is 19.6 Å². The first-order chi connectivity index (χ1) is 69.1. The second kappa shape index (κ2) is 33.6. The lowest BCUT2D eigenvalue weighted by Gasteiger charge is -2.31. The molecule has 0 amide bonds. The highest BCUT2D eigenvalue weighted by molar-refractivity contribution is 7.27. The molecule has 4 aromatic heterocycles. The van der Waals surface area contributed by atoms with Gasteiger partial charge in [0.2, 0.25) is 0 Å². The van der Waals surface area contributed by atoms with Crippen LogP contribution in [-0.2, 0) is 0 Å². The molecule has 24 aromatic carbocycles. The van der Waals surface area contributed by atoms with Crippen LogP contribution in [0.3, 0.4) is 0 Å². The highest BCUT2D eigenvalue weighted by atomic mass is 32.1. The van der Waals surface area contributed by atoms with E-state index in [2.05, 4.69) is 311 Å². The molecule has 4 nitrogen and oxygen atoms in total. The summed E-state index contributed by atoms with van der Waals surface area (Å²) in [6.45, 7) is 0. The Balaban J connectivity index is 0.000000149. The van der Waals surface area contributed by atoms with E-state index in [0.29, 0.717) is 33.9 Å². The molecule has 0 bridgehead atoms. The van der Waals surface area contributed by atoms with Gasteiger partial charge in [0, 0.05) is 113 Å². The van der Waals surface area contributed by atoms with Crippen molar-refractivity contribution in [3.63, 3.8) is 0 Å². The Kier molecular flexibility index (Phi) is 19.8. The fourth-order valence-corrected chi connectivity index (χ4v) is 26.2. The fraction of sp³-hybridized carbons (Fsp3) is 0. The van der Waals surface area contributed by atoms with Gasteiger partial charge >= 0.3 is 0 Å². The predicted octanol–water partition coefficient (Wildman–Crippen LogP) is 39.7. The van der Waals surface area contributed by atoms with Crippen molar-refractivity contribution in [3.05, 3.63) is 484 Å². The molecule has 28 aromatic rings. The third-order valence-electron chi connectivity index (χ3n) is 27.8. The molecule has 0 saturated carbocycles. The summed E-state index contributed by atoms with van der Waals surface area (Å²) in [6.07, 6.45) is 0. The van der Waals surface area contributed by atoms with E-state index in [0.717, 1.165) is 215 Å². The van der Waals surface area contributed by atoms with Gasteiger partial charge in [-0.05, 0) is 222 Å². The van der Waals surface area contributed by atoms with E-state index in [9.17, 15) is 0 Å². The van der Waals surface area contributed by atoms with Crippen molar-refractivity contribution in [2.75, 3.05) is 19.6 Å². The van der Waals surface area contributed by atoms with E-state index in [1.165, 1.54) is 21.5 Å². The first-order valence-electron chi connectivity index (χ1n) is 46.7. The van der Waals surface area contributed by atoms with Crippen LogP contribution >= 0.6 is 45.3 Å². The number of halogens is 4. The van der Waals surface area contributed by atoms with E-state index < -0.39 is 0 Å². The lowest BCUT2D eigenvalue weighted by atomic mass is 9.91. The molecule has 0 spiro atoms. The number of rotatable bonds is 16. The standard InChI is InChI=1S/C76H46F2N2S2.C52H30F2N2S2/c77-75-59(49-23-9-3-10-24-49)43-53(47-19-5-1-6-20-47)45-65(75)79(63-29-17-33-69-73(63)57-27-13-15-31-67(57)81-69)61-41-37-51-36-40-56-62(42-38-52-35-39-55(61)71(51)72(52)56)80(64-30-18-34-70-74(64)58-28-14-16-32-68(58)82-70)66-46-54(48-21-7-2-8-22-48)44-60(76(66)78)50-25-11-4-12-26-50;53-37-13-3-5-15-41(37)55(43-17-9-21-47-51(43)35-11-1-7-19-45(35)57-47)39-29-25-31-24-28-34-40(30-26-32-23-27-33(39)49(31)50(32)34)56(42-16-6-4-14-38(42)54)44-18-10-22-48-52(44)36-12-2-8-20-46(36)58-48/h1-46H;1-30H. The van der Waals surface area contributed by atoms with Crippen LogP contribution in [0, 0.1) is 23.3 Å². The van der Waals surface area contributed by atoms with Gasteiger partial charge < -0.3 is 19.6 Å². The summed E-state index contributed by atoms with van der Waals surface area (Å²) >= 11 is 7.00. The molecule has 0 saturated heterocycles. The zero-order chi connectivity index (χ0) is 92.9. The monoisotopic (exact) mass is 1870 g/mol. The normalized spacial score (nSPS) is 11.9. The maximum absolute atomic E-state index is 18.6. The van der Waals surface area contributed by atoms with Crippen molar-refractivity contribution in [3.8, 4) is 44.5 Å². The molecule has 0 radical (unpaired) electrons. The minimum Gasteiger partial charge on any atom is -0.306 e. The minimum absolute atomic E-state index is 0.303. The van der Waals surface area contributed by atoms with Crippen LogP contribution in [-0.4, -0.2) is 0 Å². The lowest BCUT2D eigenvalue weighted by molar-refractivity contribution is 0.628. The SMILES string of the molecule is Fc1c(-c2ccccc2)cc(-c2ccccc2)cc1N(c1ccc2ccc3c(N(c4cc(-c5ccccc5)cc(-c5ccccc5)c4F)c4cccc5sc6ccccc6c45)ccc4ccc1c2c43)c1cccc2sc3ccccc3c12.Fc1ccccc1N(c1ccc2ccc3c(N(c4ccccc4F)c4cccc5sc6ccccc6c45)ccc4ccc1c2c43)c1cccc2sc3ccccc3c12. The molecule has 0 N–H and O–H groups in total. The second-order valence-electron chi connectivity index (χ2n) is 35.6. The summed E-state index contributed by atoms with van der Waals surface area (Å²) in [5.74, 6) is -1.25. The average Bonchev–Trinajstić information content (AvgIpc) is 0.943. The fourth-order valence-electron chi connectivity index (χ4n) is 21.7. The molecule has 0 fully saturated rings. The molecule has 0 unspecified atom stereocenters. The molecule has 0 aliphatic carbocycles. The zero-order valence-electron chi connectivity index (χ0n) is 74.8. The van der Waals surface area contributed by atoms with Crippen molar-refractivity contribution in [2.24, 2.45) is 0 Å². The number of nitrogens with zero attached hydrogens (tertiary/aromatic N) is 4. The number of para-hydroxylation sites is 2. The van der Waals surface area contributed by atoms with E-state index in [4.69, 9.17) is 0 Å². The molecular weight excluding hydrogens is 1800 g/mol. The van der Waals surface area contributed by atoms with Crippen molar-refractivity contribution in [2.45, 2.75) is 0 Å². The van der Waals surface area contributed by atoms with Gasteiger partial charge in [-0.3, -0.25) is 0 Å². The highest BCUT2D eigenvalue weighted by Gasteiger charge is 2.33. The van der Waals surface area contributed by atoms with E-state index in [1.54, 1.807) is 57.5 Å². The van der Waals surface area contributed by atoms with Gasteiger partial charge in [-0.1, -0.05) is 315 Å². The number of hydrogen-bond donors (Lipinski definition) is 0. The van der Waals surface area contributed by atoms with Crippen LogP contribution in [0.2, 0.25) is 0 Å². The summed E-state index contributed by atoms with van der Waals surface area (Å²) in [7, 11) is 0. The Morgan fingerprint density at radius 2 is 0.371 bits per heavy atom. The maximum Gasteiger partial charge on any atom is 0.155 e. The van der Waals surface area contributed by atoms with Crippen molar-refractivity contribution in [1.82, 2.24) is 0 Å². The number of hydrogen-bond acceptors (Lipinski definition) is 8. The van der Waals surface area contributed by atoms with Crippen LogP contribution in [0.25, 0.3) is 190 Å². The Morgan fingerprint density at radius 3 is 0.657 bits per heavy atom. The Hall–Kier alpha value is -16.8. The second-order valence-corrected chi connectivity index (χ2v) is 39.9. The van der Waals surface area contributed by atoms with Gasteiger partial charge in [0.05, 0.1) is 68.2 Å². The first-order valence-corrected chi connectivity index (χ1v) is 50.0. The topological polar surface area (TPSA) is 13.0 Å². The van der Waals surface area contributed by atoms with Gasteiger partial charge in [0.15, 0.2) is 11.6 Å². The van der Waals surface area contributed by atoms with Crippen molar-refractivity contribution in [1.29, 1.82) is 0 Å².